The Bertz CT molecular complexity index is 645. The second kappa shape index (κ2) is 6.87. The molecule has 0 aliphatic carbocycles. The Morgan fingerprint density at radius 1 is 1.48 bits per heavy atom. The maximum absolute atomic E-state index is 11.8. The second-order valence-corrected chi connectivity index (χ2v) is 6.02. The third kappa shape index (κ3) is 3.92. The van der Waals surface area contributed by atoms with Crippen molar-refractivity contribution in [2.24, 2.45) is 5.73 Å². The van der Waals surface area contributed by atoms with E-state index in [1.807, 2.05) is 24.3 Å². The van der Waals surface area contributed by atoms with Crippen molar-refractivity contribution in [2.75, 3.05) is 26.0 Å². The zero-order valence-electron chi connectivity index (χ0n) is 12.1. The first kappa shape index (κ1) is 15.7. The number of fused-ring (bicyclic) bond motifs is 1. The number of anilines is 1. The first-order valence-electron chi connectivity index (χ1n) is 6.72. The summed E-state index contributed by atoms with van der Waals surface area (Å²) in [5, 5.41) is 4.36. The van der Waals surface area contributed by atoms with Crippen molar-refractivity contribution in [1.82, 2.24) is 9.88 Å². The van der Waals surface area contributed by atoms with E-state index in [4.69, 9.17) is 5.73 Å². The molecular weight excluding hydrogens is 332 g/mol. The van der Waals surface area contributed by atoms with Crippen LogP contribution in [0.25, 0.3) is 10.9 Å². The van der Waals surface area contributed by atoms with E-state index in [1.54, 1.807) is 25.2 Å². The van der Waals surface area contributed by atoms with Crippen molar-refractivity contribution in [1.29, 1.82) is 0 Å². The molecular formula is C15H19BrN4O. The molecule has 1 heterocycles. The lowest BCUT2D eigenvalue weighted by molar-refractivity contribution is -0.128. The highest BCUT2D eigenvalue weighted by atomic mass is 79.9. The van der Waals surface area contributed by atoms with Gasteiger partial charge in [-0.05, 0) is 28.1 Å². The summed E-state index contributed by atoms with van der Waals surface area (Å²) in [4.78, 5) is 17.8. The number of rotatable bonds is 5. The number of benzene rings is 1. The lowest BCUT2D eigenvalue weighted by Gasteiger charge is -2.20. The van der Waals surface area contributed by atoms with Crippen molar-refractivity contribution in [3.05, 3.63) is 34.9 Å². The fraction of sp³-hybridized carbons (Fsp3) is 0.333. The van der Waals surface area contributed by atoms with E-state index in [1.165, 1.54) is 0 Å². The summed E-state index contributed by atoms with van der Waals surface area (Å²) in [6, 6.07) is 7.80. The number of pyridine rings is 1. The van der Waals surface area contributed by atoms with Gasteiger partial charge in [0.1, 0.15) is 0 Å². The number of nitrogens with one attached hydrogen (secondary N) is 1. The number of halogens is 1. The minimum absolute atomic E-state index is 0.0499. The molecule has 1 aromatic carbocycles. The van der Waals surface area contributed by atoms with Crippen LogP contribution < -0.4 is 11.1 Å². The van der Waals surface area contributed by atoms with Crippen LogP contribution in [0, 0.1) is 0 Å². The molecule has 1 aromatic heterocycles. The van der Waals surface area contributed by atoms with Gasteiger partial charge in [-0.1, -0.05) is 12.1 Å². The van der Waals surface area contributed by atoms with Crippen LogP contribution in [0.4, 0.5) is 5.69 Å². The number of hydrogen-bond donors (Lipinski definition) is 2. The van der Waals surface area contributed by atoms with Crippen molar-refractivity contribution in [3.8, 4) is 0 Å². The van der Waals surface area contributed by atoms with Crippen LogP contribution in [0.15, 0.2) is 34.9 Å². The van der Waals surface area contributed by atoms with Crippen molar-refractivity contribution in [2.45, 2.75) is 12.5 Å². The minimum atomic E-state index is -0.115. The van der Waals surface area contributed by atoms with Gasteiger partial charge in [0.25, 0.3) is 0 Å². The number of amides is 1. The van der Waals surface area contributed by atoms with E-state index < -0.39 is 0 Å². The maximum atomic E-state index is 11.8. The molecule has 0 aliphatic heterocycles. The van der Waals surface area contributed by atoms with Gasteiger partial charge >= 0.3 is 0 Å². The van der Waals surface area contributed by atoms with Gasteiger partial charge < -0.3 is 16.0 Å². The Morgan fingerprint density at radius 3 is 2.90 bits per heavy atom. The van der Waals surface area contributed by atoms with Crippen LogP contribution in [0.1, 0.15) is 6.42 Å². The van der Waals surface area contributed by atoms with Crippen molar-refractivity contribution < 1.29 is 4.79 Å². The zero-order chi connectivity index (χ0) is 15.4. The van der Waals surface area contributed by atoms with Crippen LogP contribution in [-0.2, 0) is 4.79 Å². The predicted molar refractivity (Wildman–Crippen MR) is 89.2 cm³/mol. The van der Waals surface area contributed by atoms with Crippen LogP contribution >= 0.6 is 15.9 Å². The number of nitrogens with two attached hydrogens (primary N) is 1. The highest BCUT2D eigenvalue weighted by Gasteiger charge is 2.15. The number of carbonyl (C=O) groups is 1. The fourth-order valence-corrected chi connectivity index (χ4v) is 2.41. The highest BCUT2D eigenvalue weighted by Crippen LogP contribution is 2.24. The van der Waals surface area contributed by atoms with Gasteiger partial charge in [-0.25, -0.2) is 0 Å². The molecule has 3 N–H and O–H groups in total. The Kier molecular flexibility index (Phi) is 5.14. The molecule has 0 saturated carbocycles. The number of hydrogen-bond acceptors (Lipinski definition) is 4. The van der Waals surface area contributed by atoms with E-state index in [9.17, 15) is 4.79 Å². The summed E-state index contributed by atoms with van der Waals surface area (Å²) in [7, 11) is 3.49. The molecule has 2 aromatic rings. The SMILES string of the molecule is CN(C)C(=O)CC(CN)Nc1cccc2cc(Br)cnc12. The van der Waals surface area contributed by atoms with Gasteiger partial charge in [0.2, 0.25) is 5.91 Å². The summed E-state index contributed by atoms with van der Waals surface area (Å²) in [6.45, 7) is 0.381. The van der Waals surface area contributed by atoms with Crippen LogP contribution in [0.2, 0.25) is 0 Å². The van der Waals surface area contributed by atoms with E-state index in [-0.39, 0.29) is 11.9 Å². The van der Waals surface area contributed by atoms with Crippen LogP contribution in [0.5, 0.6) is 0 Å². The number of aromatic nitrogens is 1. The van der Waals surface area contributed by atoms with Gasteiger partial charge in [0.05, 0.1) is 11.2 Å². The van der Waals surface area contributed by atoms with Crippen LogP contribution in [-0.4, -0.2) is 42.5 Å². The van der Waals surface area contributed by atoms with Gasteiger partial charge in [-0.15, -0.1) is 0 Å². The molecule has 0 fully saturated rings. The average Bonchev–Trinajstić information content (AvgIpc) is 2.46. The molecule has 0 bridgehead atoms. The molecule has 0 saturated heterocycles. The molecule has 1 amide bonds. The van der Waals surface area contributed by atoms with E-state index in [2.05, 4.69) is 26.2 Å². The Hall–Kier alpha value is -1.66. The van der Waals surface area contributed by atoms with Gasteiger partial charge in [0.15, 0.2) is 0 Å². The van der Waals surface area contributed by atoms with E-state index >= 15 is 0 Å². The van der Waals surface area contributed by atoms with Gasteiger partial charge in [-0.2, -0.15) is 0 Å². The third-order valence-electron chi connectivity index (χ3n) is 3.24. The Balaban J connectivity index is 2.23. The first-order valence-corrected chi connectivity index (χ1v) is 7.51. The maximum Gasteiger partial charge on any atom is 0.224 e. The molecule has 0 radical (unpaired) electrons. The Morgan fingerprint density at radius 2 is 2.24 bits per heavy atom. The monoisotopic (exact) mass is 350 g/mol. The first-order chi connectivity index (χ1) is 10.0. The smallest absolute Gasteiger partial charge is 0.224 e. The number of carbonyl (C=O) groups excluding carboxylic acids is 1. The topological polar surface area (TPSA) is 71.2 Å². The lowest BCUT2D eigenvalue weighted by Crippen LogP contribution is -2.35. The summed E-state index contributed by atoms with van der Waals surface area (Å²) in [5.41, 5.74) is 7.54. The largest absolute Gasteiger partial charge is 0.379 e. The van der Waals surface area contributed by atoms with E-state index in [0.29, 0.717) is 13.0 Å². The summed E-state index contributed by atoms with van der Waals surface area (Å²) >= 11 is 3.42. The van der Waals surface area contributed by atoms with Crippen molar-refractivity contribution in [3.63, 3.8) is 0 Å². The van der Waals surface area contributed by atoms with Gasteiger partial charge in [-0.3, -0.25) is 9.78 Å². The molecule has 21 heavy (non-hydrogen) atoms. The summed E-state index contributed by atoms with van der Waals surface area (Å²) in [5.74, 6) is 0.0499. The summed E-state index contributed by atoms with van der Waals surface area (Å²) in [6.07, 6.45) is 2.12. The number of nitrogens with zero attached hydrogens (tertiary/aromatic N) is 2. The normalized spacial score (nSPS) is 12.2. The molecule has 5 nitrogen and oxygen atoms in total. The minimum Gasteiger partial charge on any atom is -0.379 e. The number of para-hydroxylation sites is 1. The molecule has 0 aliphatic rings. The second-order valence-electron chi connectivity index (χ2n) is 5.10. The van der Waals surface area contributed by atoms with Gasteiger partial charge in [0, 0.05) is 49.2 Å². The van der Waals surface area contributed by atoms with E-state index in [0.717, 1.165) is 21.1 Å². The molecule has 6 heteroatoms. The molecule has 112 valence electrons. The summed E-state index contributed by atoms with van der Waals surface area (Å²) < 4.78 is 0.935. The quantitative estimate of drug-likeness (QED) is 0.867. The zero-order valence-corrected chi connectivity index (χ0v) is 13.7. The predicted octanol–water partition coefficient (Wildman–Crippen LogP) is 2.21. The Labute approximate surface area is 132 Å². The fourth-order valence-electron chi connectivity index (χ4n) is 2.06. The average molecular weight is 351 g/mol. The standard InChI is InChI=1S/C15H19BrN4O/c1-20(2)14(21)7-12(8-17)19-13-5-3-4-10-6-11(16)9-18-15(10)13/h3-6,9,12,19H,7-8,17H2,1-2H3. The molecule has 1 unspecified atom stereocenters. The molecule has 1 atom stereocenters. The van der Waals surface area contributed by atoms with Crippen molar-refractivity contribution >= 4 is 38.4 Å². The molecule has 0 spiro atoms. The van der Waals surface area contributed by atoms with Crippen LogP contribution in [0.3, 0.4) is 0 Å². The molecule has 2 rings (SSSR count). The highest BCUT2D eigenvalue weighted by molar-refractivity contribution is 9.10. The lowest BCUT2D eigenvalue weighted by atomic mass is 10.1. The third-order valence-corrected chi connectivity index (χ3v) is 3.68.